The first kappa shape index (κ1) is 23.4. The highest BCUT2D eigenvalue weighted by Gasteiger charge is 2.23. The minimum atomic E-state index is -3.63. The average molecular weight is 444 g/mol. The molecule has 0 bridgehead atoms. The number of benzene rings is 2. The van der Waals surface area contributed by atoms with Gasteiger partial charge in [-0.3, -0.25) is 9.69 Å². The van der Waals surface area contributed by atoms with E-state index in [9.17, 15) is 13.2 Å². The summed E-state index contributed by atoms with van der Waals surface area (Å²) in [7, 11) is -2.09. The molecule has 31 heavy (non-hydrogen) atoms. The molecule has 2 aromatic carbocycles. The molecule has 0 atom stereocenters. The molecule has 1 N–H and O–H groups in total. The van der Waals surface area contributed by atoms with Crippen LogP contribution in [0.15, 0.2) is 53.4 Å². The van der Waals surface area contributed by atoms with E-state index in [1.54, 1.807) is 19.2 Å². The van der Waals surface area contributed by atoms with Crippen LogP contribution in [0.2, 0.25) is 0 Å². The summed E-state index contributed by atoms with van der Waals surface area (Å²) in [5, 5.41) is 2.89. The summed E-state index contributed by atoms with van der Waals surface area (Å²) >= 11 is 0. The van der Waals surface area contributed by atoms with E-state index in [0.29, 0.717) is 12.1 Å². The lowest BCUT2D eigenvalue weighted by atomic mass is 10.1. The molecule has 168 valence electrons. The van der Waals surface area contributed by atoms with Crippen molar-refractivity contribution < 1.29 is 13.2 Å². The monoisotopic (exact) mass is 443 g/mol. The highest BCUT2D eigenvalue weighted by atomic mass is 32.2. The van der Waals surface area contributed by atoms with Crippen molar-refractivity contribution in [3.63, 3.8) is 0 Å². The van der Waals surface area contributed by atoms with Gasteiger partial charge in [0.15, 0.2) is 0 Å². The molecule has 2 aromatic rings. The Kier molecular flexibility index (Phi) is 7.86. The van der Waals surface area contributed by atoms with Gasteiger partial charge >= 0.3 is 0 Å². The molecule has 1 aliphatic rings. The predicted molar refractivity (Wildman–Crippen MR) is 123 cm³/mol. The van der Waals surface area contributed by atoms with E-state index in [1.165, 1.54) is 54.4 Å². The van der Waals surface area contributed by atoms with Crippen molar-refractivity contribution in [1.29, 1.82) is 0 Å². The molecule has 0 saturated carbocycles. The van der Waals surface area contributed by atoms with Crippen LogP contribution < -0.4 is 5.32 Å². The van der Waals surface area contributed by atoms with E-state index in [0.717, 1.165) is 12.1 Å². The van der Waals surface area contributed by atoms with E-state index in [4.69, 9.17) is 0 Å². The van der Waals surface area contributed by atoms with Crippen LogP contribution in [0.5, 0.6) is 0 Å². The third-order valence-electron chi connectivity index (χ3n) is 5.83. The Morgan fingerprint density at radius 3 is 2.32 bits per heavy atom. The Balaban J connectivity index is 1.59. The SMILES string of the molecule is CC(C)N(C)S(=O)(=O)c1cccc(C(=O)NCc2ccc(CN3CCCCC3)cc2)c1. The van der Waals surface area contributed by atoms with Crippen LogP contribution in [0.1, 0.15) is 54.6 Å². The number of carbonyl (C=O) groups excluding carboxylic acids is 1. The molecule has 1 amide bonds. The standard InChI is InChI=1S/C24H33N3O3S/c1-19(2)26(3)31(29,30)23-9-7-8-22(16-23)24(28)25-17-20-10-12-21(13-11-20)18-27-14-5-4-6-15-27/h7-13,16,19H,4-6,14-15,17-18H2,1-3H3,(H,25,28). The maximum Gasteiger partial charge on any atom is 0.251 e. The van der Waals surface area contributed by atoms with Crippen molar-refractivity contribution in [3.05, 3.63) is 65.2 Å². The zero-order valence-corrected chi connectivity index (χ0v) is 19.5. The van der Waals surface area contributed by atoms with Gasteiger partial charge < -0.3 is 5.32 Å². The fourth-order valence-corrected chi connectivity index (χ4v) is 5.08. The van der Waals surface area contributed by atoms with E-state index < -0.39 is 10.0 Å². The van der Waals surface area contributed by atoms with Crippen LogP contribution in [-0.4, -0.2) is 49.7 Å². The average Bonchev–Trinajstić information content (AvgIpc) is 2.78. The van der Waals surface area contributed by atoms with Crippen molar-refractivity contribution in [2.24, 2.45) is 0 Å². The molecule has 1 saturated heterocycles. The Hall–Kier alpha value is -2.22. The van der Waals surface area contributed by atoms with Gasteiger partial charge in [0.2, 0.25) is 10.0 Å². The fourth-order valence-electron chi connectivity index (χ4n) is 3.66. The van der Waals surface area contributed by atoms with Crippen LogP contribution in [0.4, 0.5) is 0 Å². The van der Waals surface area contributed by atoms with Gasteiger partial charge in [-0.15, -0.1) is 0 Å². The van der Waals surface area contributed by atoms with Gasteiger partial charge in [0.1, 0.15) is 0 Å². The highest BCUT2D eigenvalue weighted by molar-refractivity contribution is 7.89. The predicted octanol–water partition coefficient (Wildman–Crippen LogP) is 3.63. The number of likely N-dealkylation sites (tertiary alicyclic amines) is 1. The topological polar surface area (TPSA) is 69.7 Å². The van der Waals surface area contributed by atoms with E-state index in [2.05, 4.69) is 22.3 Å². The van der Waals surface area contributed by atoms with Crippen LogP contribution in [0, 0.1) is 0 Å². The van der Waals surface area contributed by atoms with Gasteiger partial charge in [0.25, 0.3) is 5.91 Å². The Morgan fingerprint density at radius 2 is 1.68 bits per heavy atom. The molecule has 0 aliphatic carbocycles. The molecule has 1 heterocycles. The maximum absolute atomic E-state index is 12.7. The summed E-state index contributed by atoms with van der Waals surface area (Å²) in [6, 6.07) is 14.3. The summed E-state index contributed by atoms with van der Waals surface area (Å²) in [6.07, 6.45) is 3.89. The fraction of sp³-hybridized carbons (Fsp3) is 0.458. The van der Waals surface area contributed by atoms with Crippen molar-refractivity contribution >= 4 is 15.9 Å². The molecule has 3 rings (SSSR count). The lowest BCUT2D eigenvalue weighted by Crippen LogP contribution is -2.33. The van der Waals surface area contributed by atoms with Crippen LogP contribution in [0.3, 0.4) is 0 Å². The molecule has 0 radical (unpaired) electrons. The van der Waals surface area contributed by atoms with Crippen LogP contribution in [0.25, 0.3) is 0 Å². The molecule has 0 spiro atoms. The number of piperidine rings is 1. The second kappa shape index (κ2) is 10.4. The van der Waals surface area contributed by atoms with Gasteiger partial charge in [0.05, 0.1) is 4.90 Å². The molecule has 0 aromatic heterocycles. The number of nitrogens with one attached hydrogen (secondary N) is 1. The number of nitrogens with zero attached hydrogens (tertiary/aromatic N) is 2. The lowest BCUT2D eigenvalue weighted by molar-refractivity contribution is 0.0950. The van der Waals surface area contributed by atoms with E-state index in [1.807, 2.05) is 26.0 Å². The van der Waals surface area contributed by atoms with Crippen LogP contribution in [-0.2, 0) is 23.1 Å². The zero-order valence-electron chi connectivity index (χ0n) is 18.7. The minimum Gasteiger partial charge on any atom is -0.348 e. The largest absolute Gasteiger partial charge is 0.348 e. The molecule has 1 aliphatic heterocycles. The first-order valence-corrected chi connectivity index (χ1v) is 12.4. The number of carbonyl (C=O) groups is 1. The third kappa shape index (κ3) is 6.15. The second-order valence-electron chi connectivity index (χ2n) is 8.48. The summed E-state index contributed by atoms with van der Waals surface area (Å²) < 4.78 is 26.7. The van der Waals surface area contributed by atoms with Crippen molar-refractivity contribution in [2.45, 2.75) is 57.1 Å². The van der Waals surface area contributed by atoms with Crippen molar-refractivity contribution in [2.75, 3.05) is 20.1 Å². The third-order valence-corrected chi connectivity index (χ3v) is 7.86. The molecular weight excluding hydrogens is 410 g/mol. The smallest absolute Gasteiger partial charge is 0.251 e. The number of amides is 1. The highest BCUT2D eigenvalue weighted by Crippen LogP contribution is 2.18. The van der Waals surface area contributed by atoms with E-state index in [-0.39, 0.29) is 16.8 Å². The maximum atomic E-state index is 12.7. The lowest BCUT2D eigenvalue weighted by Gasteiger charge is -2.26. The number of hydrogen-bond acceptors (Lipinski definition) is 4. The van der Waals surface area contributed by atoms with Crippen molar-refractivity contribution in [1.82, 2.24) is 14.5 Å². The molecular formula is C24H33N3O3S. The first-order chi connectivity index (χ1) is 14.8. The number of hydrogen-bond donors (Lipinski definition) is 1. The number of rotatable bonds is 8. The summed E-state index contributed by atoms with van der Waals surface area (Å²) in [5.74, 6) is -0.290. The number of sulfonamides is 1. The van der Waals surface area contributed by atoms with Crippen molar-refractivity contribution in [3.8, 4) is 0 Å². The van der Waals surface area contributed by atoms with Gasteiger partial charge in [0, 0.05) is 31.7 Å². The normalized spacial score (nSPS) is 15.4. The van der Waals surface area contributed by atoms with Gasteiger partial charge in [-0.1, -0.05) is 36.8 Å². The summed E-state index contributed by atoms with van der Waals surface area (Å²) in [6.45, 7) is 7.32. The van der Waals surface area contributed by atoms with E-state index >= 15 is 0 Å². The molecule has 6 nitrogen and oxygen atoms in total. The van der Waals surface area contributed by atoms with Gasteiger partial charge in [-0.25, -0.2) is 8.42 Å². The Labute approximate surface area is 186 Å². The summed E-state index contributed by atoms with van der Waals surface area (Å²) in [4.78, 5) is 15.2. The molecule has 0 unspecified atom stereocenters. The Morgan fingerprint density at radius 1 is 1.03 bits per heavy atom. The van der Waals surface area contributed by atoms with Gasteiger partial charge in [-0.05, 0) is 69.1 Å². The molecule has 7 heteroatoms. The second-order valence-corrected chi connectivity index (χ2v) is 10.5. The van der Waals surface area contributed by atoms with Crippen LogP contribution >= 0.6 is 0 Å². The first-order valence-electron chi connectivity index (χ1n) is 10.9. The quantitative estimate of drug-likeness (QED) is 0.676. The molecule has 1 fully saturated rings. The summed E-state index contributed by atoms with van der Waals surface area (Å²) in [5.41, 5.74) is 2.63. The van der Waals surface area contributed by atoms with Gasteiger partial charge in [-0.2, -0.15) is 4.31 Å². The zero-order chi connectivity index (χ0) is 22.4. The Bertz CT molecular complexity index is 981. The minimum absolute atomic E-state index is 0.124.